The van der Waals surface area contributed by atoms with Gasteiger partial charge in [0.1, 0.15) is 11.6 Å². The molecule has 0 radical (unpaired) electrons. The summed E-state index contributed by atoms with van der Waals surface area (Å²) in [6.07, 6.45) is 7.72. The number of carbonyl (C=O) groups is 2. The topological polar surface area (TPSA) is 119 Å². The summed E-state index contributed by atoms with van der Waals surface area (Å²) in [5.41, 5.74) is -0.123. The van der Waals surface area contributed by atoms with Gasteiger partial charge in [0.15, 0.2) is 0 Å². The Labute approximate surface area is 214 Å². The molecule has 4 rings (SSSR count). The molecule has 3 aliphatic rings. The molecule has 2 aliphatic heterocycles. The van der Waals surface area contributed by atoms with Crippen molar-refractivity contribution in [1.82, 2.24) is 15.1 Å². The summed E-state index contributed by atoms with van der Waals surface area (Å²) < 4.78 is 25.3. The largest absolute Gasteiger partial charge is 0.390 e. The van der Waals surface area contributed by atoms with Gasteiger partial charge in [-0.15, -0.1) is 0 Å². The predicted octanol–water partition coefficient (Wildman–Crippen LogP) is 2.21. The molecule has 1 aliphatic carbocycles. The van der Waals surface area contributed by atoms with Crippen LogP contribution in [0.2, 0.25) is 0 Å². The summed E-state index contributed by atoms with van der Waals surface area (Å²) in [4.78, 5) is 31.2. The van der Waals surface area contributed by atoms with Gasteiger partial charge in [0.25, 0.3) is 0 Å². The van der Waals surface area contributed by atoms with Crippen LogP contribution in [0.3, 0.4) is 0 Å². The number of anilines is 1. The maximum Gasteiger partial charge on any atom is 0.246 e. The first-order valence-corrected chi connectivity index (χ1v) is 15.1. The summed E-state index contributed by atoms with van der Waals surface area (Å²) in [5, 5.41) is 14.0. The van der Waals surface area contributed by atoms with Crippen LogP contribution in [0.4, 0.5) is 5.69 Å². The van der Waals surface area contributed by atoms with Crippen molar-refractivity contribution < 1.29 is 23.1 Å². The first kappa shape index (κ1) is 26.9. The number of sulfonamides is 1. The molecule has 9 nitrogen and oxygen atoms in total. The van der Waals surface area contributed by atoms with Gasteiger partial charge in [0, 0.05) is 38.3 Å². The van der Waals surface area contributed by atoms with Crippen molar-refractivity contribution in [3.8, 4) is 0 Å². The number of nitrogens with one attached hydrogen (secondary N) is 2. The molecule has 36 heavy (non-hydrogen) atoms. The van der Waals surface area contributed by atoms with Crippen LogP contribution in [0.15, 0.2) is 24.3 Å². The number of carbonyl (C=O) groups excluding carboxylic acids is 2. The van der Waals surface area contributed by atoms with E-state index in [0.29, 0.717) is 64.0 Å². The van der Waals surface area contributed by atoms with Crippen molar-refractivity contribution >= 4 is 27.5 Å². The molecule has 0 bridgehead atoms. The van der Waals surface area contributed by atoms with Gasteiger partial charge in [-0.3, -0.25) is 19.2 Å². The number of likely N-dealkylation sites (tertiary alicyclic amines) is 1. The van der Waals surface area contributed by atoms with Crippen molar-refractivity contribution in [1.29, 1.82) is 0 Å². The van der Waals surface area contributed by atoms with E-state index in [-0.39, 0.29) is 11.8 Å². The maximum absolute atomic E-state index is 13.6. The third-order valence-electron chi connectivity index (χ3n) is 7.97. The molecule has 0 unspecified atom stereocenters. The Bertz CT molecular complexity index is 1040. The SMILES string of the molecule is CCCN1C(=O)[C@@H](CC2(O)CCCCC2)NC(=O)C12CCN(Cc1ccc(NS(C)(=O)=O)cc1)CC2. The summed E-state index contributed by atoms with van der Waals surface area (Å²) >= 11 is 0. The fourth-order valence-electron chi connectivity index (χ4n) is 6.08. The van der Waals surface area contributed by atoms with Gasteiger partial charge >= 0.3 is 0 Å². The predicted molar refractivity (Wildman–Crippen MR) is 139 cm³/mol. The standard InChI is InChI=1S/C26H40N4O5S/c1-3-15-30-23(31)22(18-25(33)11-5-4-6-12-25)27-24(32)26(30)13-16-29(17-14-26)19-20-7-9-21(10-8-20)28-36(2,34)35/h7-10,22,28,33H,3-6,11-19H2,1-2H3,(H,27,32)/t22-/m1/s1. The number of piperazine rings is 1. The van der Waals surface area contributed by atoms with Gasteiger partial charge < -0.3 is 15.3 Å². The summed E-state index contributed by atoms with van der Waals surface area (Å²) in [7, 11) is -3.31. The average molecular weight is 521 g/mol. The molecule has 3 fully saturated rings. The number of benzene rings is 1. The highest BCUT2D eigenvalue weighted by Gasteiger charge is 2.54. The number of hydrogen-bond donors (Lipinski definition) is 3. The quantitative estimate of drug-likeness (QED) is 0.484. The summed E-state index contributed by atoms with van der Waals surface area (Å²) in [6.45, 7) is 4.61. The van der Waals surface area contributed by atoms with Gasteiger partial charge in [-0.1, -0.05) is 38.3 Å². The second-order valence-corrected chi connectivity index (χ2v) is 12.6. The minimum atomic E-state index is -3.31. The minimum Gasteiger partial charge on any atom is -0.390 e. The Kier molecular flexibility index (Phi) is 7.97. The normalized spacial score (nSPS) is 24.5. The van der Waals surface area contributed by atoms with E-state index in [1.165, 1.54) is 0 Å². The van der Waals surface area contributed by atoms with E-state index in [1.54, 1.807) is 12.1 Å². The second kappa shape index (κ2) is 10.7. The molecule has 200 valence electrons. The smallest absolute Gasteiger partial charge is 0.246 e. The zero-order valence-corrected chi connectivity index (χ0v) is 22.3. The Morgan fingerprint density at radius 3 is 2.28 bits per heavy atom. The molecule has 2 amide bonds. The van der Waals surface area contributed by atoms with Crippen LogP contribution in [0.1, 0.15) is 70.3 Å². The molecule has 0 aromatic heterocycles. The zero-order valence-electron chi connectivity index (χ0n) is 21.5. The van der Waals surface area contributed by atoms with E-state index >= 15 is 0 Å². The van der Waals surface area contributed by atoms with Gasteiger partial charge in [0.2, 0.25) is 21.8 Å². The van der Waals surface area contributed by atoms with Crippen molar-refractivity contribution in [2.45, 2.75) is 88.4 Å². The number of amides is 2. The fraction of sp³-hybridized carbons (Fsp3) is 0.692. The number of nitrogens with zero attached hydrogens (tertiary/aromatic N) is 2. The van der Waals surface area contributed by atoms with E-state index in [4.69, 9.17) is 0 Å². The molecule has 1 atom stereocenters. The minimum absolute atomic E-state index is 0.0575. The van der Waals surface area contributed by atoms with E-state index < -0.39 is 27.2 Å². The molecule has 2 heterocycles. The number of hydrogen-bond acceptors (Lipinski definition) is 6. The number of piperidine rings is 1. The Morgan fingerprint density at radius 2 is 1.69 bits per heavy atom. The lowest BCUT2D eigenvalue weighted by Crippen LogP contribution is -2.73. The first-order chi connectivity index (χ1) is 17.0. The zero-order chi connectivity index (χ0) is 26.0. The van der Waals surface area contributed by atoms with Crippen molar-refractivity contribution in [3.63, 3.8) is 0 Å². The maximum atomic E-state index is 13.6. The molecule has 1 spiro atoms. The summed E-state index contributed by atoms with van der Waals surface area (Å²) in [6, 6.07) is 6.64. The van der Waals surface area contributed by atoms with Crippen molar-refractivity contribution in [2.24, 2.45) is 0 Å². The highest BCUT2D eigenvalue weighted by molar-refractivity contribution is 7.92. The highest BCUT2D eigenvalue weighted by atomic mass is 32.2. The molecule has 1 saturated carbocycles. The van der Waals surface area contributed by atoms with E-state index in [2.05, 4.69) is 14.9 Å². The lowest BCUT2D eigenvalue weighted by Gasteiger charge is -2.52. The van der Waals surface area contributed by atoms with Gasteiger partial charge in [-0.05, 0) is 49.8 Å². The molecule has 1 aromatic rings. The Balaban J connectivity index is 1.40. The first-order valence-electron chi connectivity index (χ1n) is 13.2. The second-order valence-electron chi connectivity index (χ2n) is 10.9. The van der Waals surface area contributed by atoms with Crippen LogP contribution in [0.25, 0.3) is 0 Å². The molecule has 3 N–H and O–H groups in total. The van der Waals surface area contributed by atoms with E-state index in [9.17, 15) is 23.1 Å². The van der Waals surface area contributed by atoms with Crippen molar-refractivity contribution in [2.75, 3.05) is 30.6 Å². The molecule has 1 aromatic carbocycles. The summed E-state index contributed by atoms with van der Waals surface area (Å²) in [5.74, 6) is -0.145. The third kappa shape index (κ3) is 6.03. The molecule has 10 heteroatoms. The fourth-order valence-corrected chi connectivity index (χ4v) is 6.65. The van der Waals surface area contributed by atoms with Gasteiger partial charge in [0.05, 0.1) is 11.9 Å². The van der Waals surface area contributed by atoms with Crippen LogP contribution in [0, 0.1) is 0 Å². The van der Waals surface area contributed by atoms with Crippen LogP contribution in [-0.2, 0) is 26.2 Å². The van der Waals surface area contributed by atoms with E-state index in [1.807, 2.05) is 24.0 Å². The highest BCUT2D eigenvalue weighted by Crippen LogP contribution is 2.37. The lowest BCUT2D eigenvalue weighted by atomic mass is 9.77. The van der Waals surface area contributed by atoms with E-state index in [0.717, 1.165) is 37.5 Å². The number of rotatable bonds is 8. The molecular weight excluding hydrogens is 480 g/mol. The van der Waals surface area contributed by atoms with Crippen LogP contribution in [-0.4, -0.2) is 78.2 Å². The number of aliphatic hydroxyl groups is 1. The molecule has 2 saturated heterocycles. The van der Waals surface area contributed by atoms with Gasteiger partial charge in [-0.25, -0.2) is 8.42 Å². The monoisotopic (exact) mass is 520 g/mol. The average Bonchev–Trinajstić information content (AvgIpc) is 2.82. The van der Waals surface area contributed by atoms with Crippen LogP contribution < -0.4 is 10.0 Å². The Hall–Kier alpha value is -2.17. The third-order valence-corrected chi connectivity index (χ3v) is 8.58. The van der Waals surface area contributed by atoms with Crippen LogP contribution >= 0.6 is 0 Å². The molecular formula is C26H40N4O5S. The van der Waals surface area contributed by atoms with Crippen LogP contribution in [0.5, 0.6) is 0 Å². The Morgan fingerprint density at radius 1 is 1.06 bits per heavy atom. The van der Waals surface area contributed by atoms with Crippen molar-refractivity contribution in [3.05, 3.63) is 29.8 Å². The lowest BCUT2D eigenvalue weighted by molar-refractivity contribution is -0.163. The van der Waals surface area contributed by atoms with Gasteiger partial charge in [-0.2, -0.15) is 0 Å².